The van der Waals surface area contributed by atoms with Crippen molar-refractivity contribution in [3.05, 3.63) is 31.8 Å². The van der Waals surface area contributed by atoms with E-state index < -0.39 is 0 Å². The van der Waals surface area contributed by atoms with Crippen LogP contribution in [0, 0.1) is 3.57 Å². The third-order valence-corrected chi connectivity index (χ3v) is 4.25. The molecule has 2 N–H and O–H groups in total. The van der Waals surface area contributed by atoms with E-state index in [2.05, 4.69) is 38.5 Å². The predicted octanol–water partition coefficient (Wildman–Crippen LogP) is 2.70. The first-order valence-electron chi connectivity index (χ1n) is 3.85. The minimum Gasteiger partial charge on any atom is -0.383 e. The van der Waals surface area contributed by atoms with Crippen molar-refractivity contribution in [2.24, 2.45) is 5.73 Å². The molecule has 0 aliphatic rings. The van der Waals surface area contributed by atoms with Crippen molar-refractivity contribution in [1.29, 1.82) is 0 Å². The Morgan fingerprint density at radius 2 is 2.31 bits per heavy atom. The molecule has 2 nitrogen and oxygen atoms in total. The molecule has 0 radical (unpaired) electrons. The Hall–Kier alpha value is 0.350. The molecular formula is C9H11BrINO. The predicted molar refractivity (Wildman–Crippen MR) is 65.7 cm³/mol. The van der Waals surface area contributed by atoms with E-state index in [1.807, 2.05) is 18.2 Å². The van der Waals surface area contributed by atoms with Crippen molar-refractivity contribution in [1.82, 2.24) is 0 Å². The number of rotatable bonds is 3. The van der Waals surface area contributed by atoms with Crippen LogP contribution in [-0.4, -0.2) is 13.7 Å². The zero-order valence-corrected chi connectivity index (χ0v) is 11.0. The van der Waals surface area contributed by atoms with E-state index in [0.29, 0.717) is 6.61 Å². The number of halogens is 2. The zero-order chi connectivity index (χ0) is 9.84. The summed E-state index contributed by atoms with van der Waals surface area (Å²) in [7, 11) is 1.65. The van der Waals surface area contributed by atoms with Crippen LogP contribution < -0.4 is 5.73 Å². The normalized spacial score (nSPS) is 12.9. The summed E-state index contributed by atoms with van der Waals surface area (Å²) in [6.07, 6.45) is 0. The van der Waals surface area contributed by atoms with Gasteiger partial charge in [-0.1, -0.05) is 12.1 Å². The molecule has 0 spiro atoms. The van der Waals surface area contributed by atoms with Crippen molar-refractivity contribution in [3.63, 3.8) is 0 Å². The molecule has 0 heterocycles. The Labute approximate surface area is 100 Å². The van der Waals surface area contributed by atoms with Gasteiger partial charge in [-0.3, -0.25) is 0 Å². The number of methoxy groups -OCH3 is 1. The summed E-state index contributed by atoms with van der Waals surface area (Å²) in [6, 6.07) is 5.98. The topological polar surface area (TPSA) is 35.2 Å². The lowest BCUT2D eigenvalue weighted by Crippen LogP contribution is -2.16. The summed E-state index contributed by atoms with van der Waals surface area (Å²) >= 11 is 5.78. The fourth-order valence-corrected chi connectivity index (χ4v) is 2.15. The zero-order valence-electron chi connectivity index (χ0n) is 7.26. The largest absolute Gasteiger partial charge is 0.383 e. The number of hydrogen-bond acceptors (Lipinski definition) is 2. The van der Waals surface area contributed by atoms with Crippen LogP contribution in [0.15, 0.2) is 22.7 Å². The van der Waals surface area contributed by atoms with Gasteiger partial charge in [-0.25, -0.2) is 0 Å². The van der Waals surface area contributed by atoms with Crippen LogP contribution in [0.25, 0.3) is 0 Å². The van der Waals surface area contributed by atoms with Gasteiger partial charge in [-0.15, -0.1) is 0 Å². The molecule has 0 saturated carbocycles. The van der Waals surface area contributed by atoms with Gasteiger partial charge < -0.3 is 10.5 Å². The van der Waals surface area contributed by atoms with Crippen LogP contribution in [0.4, 0.5) is 0 Å². The minimum absolute atomic E-state index is 0.0610. The SMILES string of the molecule is COCC(N)c1cccc(I)c1Br. The van der Waals surface area contributed by atoms with Crippen molar-refractivity contribution in [2.45, 2.75) is 6.04 Å². The molecule has 1 aromatic carbocycles. The second-order valence-corrected chi connectivity index (χ2v) is 4.66. The molecule has 1 aromatic rings. The first-order valence-corrected chi connectivity index (χ1v) is 5.72. The average Bonchev–Trinajstić information content (AvgIpc) is 2.10. The number of benzene rings is 1. The fraction of sp³-hybridized carbons (Fsp3) is 0.333. The summed E-state index contributed by atoms with van der Waals surface area (Å²) < 4.78 is 7.24. The van der Waals surface area contributed by atoms with Gasteiger partial charge in [0.1, 0.15) is 0 Å². The number of hydrogen-bond donors (Lipinski definition) is 1. The summed E-state index contributed by atoms with van der Waals surface area (Å²) in [5, 5.41) is 0. The molecule has 13 heavy (non-hydrogen) atoms. The van der Waals surface area contributed by atoms with Gasteiger partial charge in [-0.2, -0.15) is 0 Å². The molecule has 1 atom stereocenters. The van der Waals surface area contributed by atoms with Gasteiger partial charge in [0.2, 0.25) is 0 Å². The van der Waals surface area contributed by atoms with Crippen LogP contribution in [0.1, 0.15) is 11.6 Å². The van der Waals surface area contributed by atoms with E-state index in [1.54, 1.807) is 7.11 Å². The van der Waals surface area contributed by atoms with Crippen LogP contribution >= 0.6 is 38.5 Å². The van der Waals surface area contributed by atoms with Gasteiger partial charge in [-0.05, 0) is 50.2 Å². The molecular weight excluding hydrogens is 345 g/mol. The number of ether oxygens (including phenoxy) is 1. The number of nitrogens with two attached hydrogens (primary N) is 1. The van der Waals surface area contributed by atoms with Crippen LogP contribution in [-0.2, 0) is 4.74 Å². The maximum absolute atomic E-state index is 5.92. The maximum atomic E-state index is 5.92. The molecule has 0 aliphatic heterocycles. The summed E-state index contributed by atoms with van der Waals surface area (Å²) in [6.45, 7) is 0.540. The van der Waals surface area contributed by atoms with Crippen molar-refractivity contribution < 1.29 is 4.74 Å². The summed E-state index contributed by atoms with van der Waals surface area (Å²) in [5.74, 6) is 0. The van der Waals surface area contributed by atoms with Gasteiger partial charge in [0.25, 0.3) is 0 Å². The standard InChI is InChI=1S/C9H11BrINO/c1-13-5-8(12)6-3-2-4-7(11)9(6)10/h2-4,8H,5,12H2,1H3. The Morgan fingerprint density at radius 3 is 2.92 bits per heavy atom. The van der Waals surface area contributed by atoms with E-state index in [9.17, 15) is 0 Å². The highest BCUT2D eigenvalue weighted by Gasteiger charge is 2.10. The van der Waals surface area contributed by atoms with Crippen LogP contribution in [0.3, 0.4) is 0 Å². The molecule has 0 saturated heterocycles. The highest BCUT2D eigenvalue weighted by atomic mass is 127. The van der Waals surface area contributed by atoms with E-state index in [4.69, 9.17) is 10.5 Å². The van der Waals surface area contributed by atoms with Gasteiger partial charge >= 0.3 is 0 Å². The molecule has 0 fully saturated rings. The molecule has 4 heteroatoms. The van der Waals surface area contributed by atoms with Crippen molar-refractivity contribution in [2.75, 3.05) is 13.7 Å². The van der Waals surface area contributed by atoms with Crippen LogP contribution in [0.5, 0.6) is 0 Å². The van der Waals surface area contributed by atoms with Crippen molar-refractivity contribution in [3.8, 4) is 0 Å². The van der Waals surface area contributed by atoms with Gasteiger partial charge in [0, 0.05) is 15.2 Å². The quantitative estimate of drug-likeness (QED) is 0.846. The van der Waals surface area contributed by atoms with E-state index in [-0.39, 0.29) is 6.04 Å². The van der Waals surface area contributed by atoms with E-state index in [0.717, 1.165) is 10.0 Å². The van der Waals surface area contributed by atoms with Crippen molar-refractivity contribution >= 4 is 38.5 Å². The highest BCUT2D eigenvalue weighted by molar-refractivity contribution is 14.1. The summed E-state index contributed by atoms with van der Waals surface area (Å²) in [5.41, 5.74) is 7.01. The maximum Gasteiger partial charge on any atom is 0.0655 e. The van der Waals surface area contributed by atoms with E-state index >= 15 is 0 Å². The van der Waals surface area contributed by atoms with Gasteiger partial charge in [0.05, 0.1) is 12.6 Å². The van der Waals surface area contributed by atoms with Gasteiger partial charge in [0.15, 0.2) is 0 Å². The Morgan fingerprint density at radius 1 is 1.62 bits per heavy atom. The molecule has 0 amide bonds. The fourth-order valence-electron chi connectivity index (χ4n) is 1.08. The monoisotopic (exact) mass is 355 g/mol. The molecule has 72 valence electrons. The molecule has 0 bridgehead atoms. The molecule has 1 unspecified atom stereocenters. The Bertz CT molecular complexity index is 293. The third kappa shape index (κ3) is 2.90. The second-order valence-electron chi connectivity index (χ2n) is 2.70. The third-order valence-electron chi connectivity index (χ3n) is 1.73. The Balaban J connectivity index is 2.93. The first-order chi connectivity index (χ1) is 6.16. The molecule has 0 aromatic heterocycles. The molecule has 1 rings (SSSR count). The lowest BCUT2D eigenvalue weighted by molar-refractivity contribution is 0.180. The first kappa shape index (κ1) is 11.4. The minimum atomic E-state index is -0.0610. The smallest absolute Gasteiger partial charge is 0.0655 e. The summed E-state index contributed by atoms with van der Waals surface area (Å²) in [4.78, 5) is 0. The van der Waals surface area contributed by atoms with Crippen LogP contribution in [0.2, 0.25) is 0 Å². The lowest BCUT2D eigenvalue weighted by atomic mass is 10.1. The Kier molecular flexibility index (Phi) is 4.64. The average molecular weight is 356 g/mol. The highest BCUT2D eigenvalue weighted by Crippen LogP contribution is 2.27. The second kappa shape index (κ2) is 5.29. The lowest BCUT2D eigenvalue weighted by Gasteiger charge is -2.13. The van der Waals surface area contributed by atoms with E-state index in [1.165, 1.54) is 3.57 Å². The molecule has 0 aliphatic carbocycles.